The maximum Gasteiger partial charge on any atom is 0.125 e. The molecule has 0 bridgehead atoms. The van der Waals surface area contributed by atoms with Crippen LogP contribution < -0.4 is 10.5 Å². The van der Waals surface area contributed by atoms with Gasteiger partial charge in [0.2, 0.25) is 0 Å². The zero-order valence-corrected chi connectivity index (χ0v) is 13.8. The van der Waals surface area contributed by atoms with E-state index in [1.807, 2.05) is 55.5 Å². The molecule has 0 saturated heterocycles. The molecule has 0 heterocycles. The number of hydrogen-bond acceptors (Lipinski definition) is 3. The summed E-state index contributed by atoms with van der Waals surface area (Å²) in [5.41, 5.74) is 6.64. The van der Waals surface area contributed by atoms with Gasteiger partial charge in [0.05, 0.1) is 0 Å². The number of ether oxygens (including phenoxy) is 1. The van der Waals surface area contributed by atoms with Gasteiger partial charge in [0.1, 0.15) is 18.0 Å². The minimum atomic E-state index is -1.06. The van der Waals surface area contributed by atoms with Gasteiger partial charge in [0.15, 0.2) is 0 Å². The predicted octanol–water partition coefficient (Wildman–Crippen LogP) is 3.76. The molecule has 2 aromatic rings. The molecular formula is C17H20BrNO2. The number of aliphatic hydroxyl groups is 1. The predicted molar refractivity (Wildman–Crippen MR) is 88.3 cm³/mol. The van der Waals surface area contributed by atoms with E-state index in [2.05, 4.69) is 15.9 Å². The fourth-order valence-electron chi connectivity index (χ4n) is 2.11. The summed E-state index contributed by atoms with van der Waals surface area (Å²) in [6.07, 6.45) is 0. The van der Waals surface area contributed by atoms with Gasteiger partial charge in [0.25, 0.3) is 0 Å². The van der Waals surface area contributed by atoms with E-state index < -0.39 is 5.60 Å². The van der Waals surface area contributed by atoms with Crippen LogP contribution in [0.4, 0.5) is 0 Å². The van der Waals surface area contributed by atoms with Crippen LogP contribution in [0.15, 0.2) is 53.0 Å². The Hall–Kier alpha value is -1.36. The van der Waals surface area contributed by atoms with Gasteiger partial charge < -0.3 is 15.6 Å². The van der Waals surface area contributed by atoms with Crippen LogP contribution in [0.2, 0.25) is 0 Å². The molecule has 0 aliphatic rings. The van der Waals surface area contributed by atoms with Crippen molar-refractivity contribution in [3.8, 4) is 5.75 Å². The van der Waals surface area contributed by atoms with E-state index in [1.165, 1.54) is 0 Å². The first-order valence-corrected chi connectivity index (χ1v) is 7.65. The van der Waals surface area contributed by atoms with Crippen LogP contribution in [-0.4, -0.2) is 11.7 Å². The third kappa shape index (κ3) is 4.06. The first kappa shape index (κ1) is 16.0. The molecule has 21 heavy (non-hydrogen) atoms. The summed E-state index contributed by atoms with van der Waals surface area (Å²) in [6.45, 7) is 3.81. The minimum absolute atomic E-state index is 0.130. The SMILES string of the molecule is CC(N)c1ccc(Br)cc1OCC(C)(O)c1ccccc1. The Labute approximate surface area is 133 Å². The lowest BCUT2D eigenvalue weighted by Gasteiger charge is -2.25. The first-order chi connectivity index (χ1) is 9.90. The summed E-state index contributed by atoms with van der Waals surface area (Å²) < 4.78 is 6.76. The second-order valence-corrected chi connectivity index (χ2v) is 6.32. The molecule has 0 aliphatic carbocycles. The van der Waals surface area contributed by atoms with Crippen molar-refractivity contribution < 1.29 is 9.84 Å². The van der Waals surface area contributed by atoms with Gasteiger partial charge >= 0.3 is 0 Å². The topological polar surface area (TPSA) is 55.5 Å². The van der Waals surface area contributed by atoms with Crippen molar-refractivity contribution in [3.05, 3.63) is 64.1 Å². The zero-order chi connectivity index (χ0) is 15.5. The number of nitrogens with two attached hydrogens (primary N) is 1. The van der Waals surface area contributed by atoms with Gasteiger partial charge in [-0.3, -0.25) is 0 Å². The standard InChI is InChI=1S/C17H20BrNO2/c1-12(19)15-9-8-14(18)10-16(15)21-11-17(2,20)13-6-4-3-5-7-13/h3-10,12,20H,11,19H2,1-2H3. The highest BCUT2D eigenvalue weighted by atomic mass is 79.9. The van der Waals surface area contributed by atoms with Crippen LogP contribution in [-0.2, 0) is 5.60 Å². The van der Waals surface area contributed by atoms with Crippen molar-refractivity contribution in [2.75, 3.05) is 6.61 Å². The van der Waals surface area contributed by atoms with E-state index in [-0.39, 0.29) is 12.6 Å². The van der Waals surface area contributed by atoms with Crippen LogP contribution >= 0.6 is 15.9 Å². The van der Waals surface area contributed by atoms with Crippen molar-refractivity contribution in [1.82, 2.24) is 0 Å². The van der Waals surface area contributed by atoms with Crippen molar-refractivity contribution in [1.29, 1.82) is 0 Å². The van der Waals surface area contributed by atoms with Crippen LogP contribution in [0.25, 0.3) is 0 Å². The highest BCUT2D eigenvalue weighted by Gasteiger charge is 2.24. The second kappa shape index (κ2) is 6.60. The quantitative estimate of drug-likeness (QED) is 0.863. The molecule has 2 atom stereocenters. The molecule has 0 aromatic heterocycles. The van der Waals surface area contributed by atoms with Crippen LogP contribution in [0.5, 0.6) is 5.75 Å². The van der Waals surface area contributed by atoms with Gasteiger partial charge in [-0.25, -0.2) is 0 Å². The van der Waals surface area contributed by atoms with Gasteiger partial charge in [-0.15, -0.1) is 0 Å². The molecule has 0 fully saturated rings. The minimum Gasteiger partial charge on any atom is -0.490 e. The molecule has 0 spiro atoms. The molecule has 3 N–H and O–H groups in total. The van der Waals surface area contributed by atoms with E-state index >= 15 is 0 Å². The average molecular weight is 350 g/mol. The van der Waals surface area contributed by atoms with Crippen molar-refractivity contribution in [2.24, 2.45) is 5.73 Å². The molecule has 0 aliphatic heterocycles. The zero-order valence-electron chi connectivity index (χ0n) is 12.2. The van der Waals surface area contributed by atoms with Gasteiger partial charge in [0, 0.05) is 16.1 Å². The highest BCUT2D eigenvalue weighted by Crippen LogP contribution is 2.29. The summed E-state index contributed by atoms with van der Waals surface area (Å²) in [5, 5.41) is 10.6. The summed E-state index contributed by atoms with van der Waals surface area (Å²) in [6, 6.07) is 15.1. The van der Waals surface area contributed by atoms with Crippen molar-refractivity contribution in [2.45, 2.75) is 25.5 Å². The largest absolute Gasteiger partial charge is 0.490 e. The molecule has 112 valence electrons. The monoisotopic (exact) mass is 349 g/mol. The Bertz CT molecular complexity index is 597. The number of rotatable bonds is 5. The molecule has 0 radical (unpaired) electrons. The molecule has 0 saturated carbocycles. The first-order valence-electron chi connectivity index (χ1n) is 6.86. The molecule has 4 heteroatoms. The van der Waals surface area contributed by atoms with Crippen LogP contribution in [0.1, 0.15) is 31.0 Å². The maximum atomic E-state index is 10.6. The van der Waals surface area contributed by atoms with E-state index in [1.54, 1.807) is 6.92 Å². The summed E-state index contributed by atoms with van der Waals surface area (Å²) in [4.78, 5) is 0. The number of hydrogen-bond donors (Lipinski definition) is 2. The van der Waals surface area contributed by atoms with Crippen molar-refractivity contribution >= 4 is 15.9 Å². The average Bonchev–Trinajstić information content (AvgIpc) is 2.46. The molecule has 2 aromatic carbocycles. The third-order valence-corrected chi connectivity index (χ3v) is 3.86. The summed E-state index contributed by atoms with van der Waals surface area (Å²) in [7, 11) is 0. The lowest BCUT2D eigenvalue weighted by atomic mass is 9.97. The van der Waals surface area contributed by atoms with Crippen LogP contribution in [0, 0.1) is 0 Å². The van der Waals surface area contributed by atoms with E-state index in [9.17, 15) is 5.11 Å². The Morgan fingerprint density at radius 2 is 1.90 bits per heavy atom. The Morgan fingerprint density at radius 1 is 1.24 bits per heavy atom. The fourth-order valence-corrected chi connectivity index (χ4v) is 2.45. The van der Waals surface area contributed by atoms with E-state index in [0.29, 0.717) is 5.75 Å². The summed E-state index contributed by atoms with van der Waals surface area (Å²) in [5.74, 6) is 0.690. The van der Waals surface area contributed by atoms with E-state index in [0.717, 1.165) is 15.6 Å². The lowest BCUT2D eigenvalue weighted by Crippen LogP contribution is -2.29. The Kier molecular flexibility index (Phi) is 5.04. The Balaban J connectivity index is 2.18. The smallest absolute Gasteiger partial charge is 0.125 e. The summed E-state index contributed by atoms with van der Waals surface area (Å²) >= 11 is 3.43. The molecule has 0 amide bonds. The molecule has 2 unspecified atom stereocenters. The van der Waals surface area contributed by atoms with Crippen molar-refractivity contribution in [3.63, 3.8) is 0 Å². The van der Waals surface area contributed by atoms with Gasteiger partial charge in [-0.1, -0.05) is 52.3 Å². The highest BCUT2D eigenvalue weighted by molar-refractivity contribution is 9.10. The molecule has 3 nitrogen and oxygen atoms in total. The van der Waals surface area contributed by atoms with Gasteiger partial charge in [-0.2, -0.15) is 0 Å². The fraction of sp³-hybridized carbons (Fsp3) is 0.294. The van der Waals surface area contributed by atoms with Gasteiger partial charge in [-0.05, 0) is 31.5 Å². The number of halogens is 1. The normalized spacial score (nSPS) is 15.3. The third-order valence-electron chi connectivity index (χ3n) is 3.37. The molecule has 2 rings (SSSR count). The van der Waals surface area contributed by atoms with Crippen LogP contribution in [0.3, 0.4) is 0 Å². The molecular weight excluding hydrogens is 330 g/mol. The maximum absolute atomic E-state index is 10.6. The second-order valence-electron chi connectivity index (χ2n) is 5.40. The number of benzene rings is 2. The van der Waals surface area contributed by atoms with E-state index in [4.69, 9.17) is 10.5 Å². The lowest BCUT2D eigenvalue weighted by molar-refractivity contribution is 0.00720. The Morgan fingerprint density at radius 3 is 2.52 bits per heavy atom.